The van der Waals surface area contributed by atoms with Crippen LogP contribution in [0.25, 0.3) is 0 Å². The summed E-state index contributed by atoms with van der Waals surface area (Å²) in [6.07, 6.45) is 1.08. The van der Waals surface area contributed by atoms with Gasteiger partial charge in [0.05, 0.1) is 31.4 Å². The van der Waals surface area contributed by atoms with E-state index in [0.717, 1.165) is 19.5 Å². The van der Waals surface area contributed by atoms with Crippen molar-refractivity contribution in [3.05, 3.63) is 22.7 Å². The Kier molecular flexibility index (Phi) is 5.09. The molecular formula is C14H18ClNO4. The summed E-state index contributed by atoms with van der Waals surface area (Å²) in [5.74, 6) is 0.908. The maximum absolute atomic E-state index is 11.5. The summed E-state index contributed by atoms with van der Waals surface area (Å²) in [6.45, 7) is 2.53. The van der Waals surface area contributed by atoms with Crippen molar-refractivity contribution in [1.82, 2.24) is 5.32 Å². The molecule has 1 aromatic rings. The minimum Gasteiger partial charge on any atom is -0.493 e. The van der Waals surface area contributed by atoms with Crippen LogP contribution in [0, 0.1) is 5.92 Å². The number of benzene rings is 1. The van der Waals surface area contributed by atoms with Gasteiger partial charge < -0.3 is 19.5 Å². The van der Waals surface area contributed by atoms with Crippen LogP contribution in [0.4, 0.5) is 0 Å². The van der Waals surface area contributed by atoms with Crippen LogP contribution in [0.5, 0.6) is 11.5 Å². The molecule has 5 nitrogen and oxygen atoms in total. The number of ether oxygens (including phenoxy) is 3. The van der Waals surface area contributed by atoms with Gasteiger partial charge in [-0.3, -0.25) is 0 Å². The van der Waals surface area contributed by atoms with E-state index in [4.69, 9.17) is 21.1 Å². The lowest BCUT2D eigenvalue weighted by Crippen LogP contribution is -2.16. The van der Waals surface area contributed by atoms with Crippen molar-refractivity contribution in [3.8, 4) is 11.5 Å². The van der Waals surface area contributed by atoms with Gasteiger partial charge in [-0.15, -0.1) is 0 Å². The van der Waals surface area contributed by atoms with Crippen molar-refractivity contribution in [1.29, 1.82) is 0 Å². The number of hydrogen-bond donors (Lipinski definition) is 1. The molecule has 1 atom stereocenters. The van der Waals surface area contributed by atoms with Gasteiger partial charge in [0.2, 0.25) is 0 Å². The third-order valence-electron chi connectivity index (χ3n) is 3.28. The maximum Gasteiger partial charge on any atom is 0.338 e. The quantitative estimate of drug-likeness (QED) is 0.844. The average molecular weight is 300 g/mol. The van der Waals surface area contributed by atoms with Gasteiger partial charge in [-0.05, 0) is 25.1 Å². The number of esters is 1. The molecule has 1 N–H and O–H groups in total. The second-order valence-electron chi connectivity index (χ2n) is 4.65. The molecule has 1 aliphatic rings. The first kappa shape index (κ1) is 14.9. The summed E-state index contributed by atoms with van der Waals surface area (Å²) in [4.78, 5) is 11.5. The fourth-order valence-corrected chi connectivity index (χ4v) is 2.42. The standard InChI is InChI=1S/C14H18ClNO4/c1-18-12-6-10(14(17)19-2)5-11(15)13(12)20-8-9-3-4-16-7-9/h5-6,9,16H,3-4,7-8H2,1-2H3. The molecule has 110 valence electrons. The molecule has 1 aliphatic heterocycles. The largest absolute Gasteiger partial charge is 0.493 e. The third kappa shape index (κ3) is 3.35. The lowest BCUT2D eigenvalue weighted by Gasteiger charge is -2.16. The summed E-state index contributed by atoms with van der Waals surface area (Å²) in [5.41, 5.74) is 0.337. The highest BCUT2D eigenvalue weighted by Gasteiger charge is 2.19. The maximum atomic E-state index is 11.5. The van der Waals surface area contributed by atoms with Crippen LogP contribution in [0.15, 0.2) is 12.1 Å². The first-order chi connectivity index (χ1) is 9.65. The Morgan fingerprint density at radius 1 is 1.45 bits per heavy atom. The molecule has 0 spiro atoms. The molecule has 1 fully saturated rings. The van der Waals surface area contributed by atoms with Gasteiger partial charge in [0, 0.05) is 12.5 Å². The number of halogens is 1. The lowest BCUT2D eigenvalue weighted by atomic mass is 10.1. The van der Waals surface area contributed by atoms with E-state index in [2.05, 4.69) is 10.1 Å². The third-order valence-corrected chi connectivity index (χ3v) is 3.56. The molecule has 6 heteroatoms. The van der Waals surface area contributed by atoms with Gasteiger partial charge >= 0.3 is 5.97 Å². The highest BCUT2D eigenvalue weighted by atomic mass is 35.5. The smallest absolute Gasteiger partial charge is 0.338 e. The molecule has 0 radical (unpaired) electrons. The fourth-order valence-electron chi connectivity index (χ4n) is 2.15. The predicted octanol–water partition coefficient (Wildman–Crippen LogP) is 2.12. The van der Waals surface area contributed by atoms with Crippen LogP contribution in [-0.4, -0.2) is 39.9 Å². The molecule has 1 heterocycles. The molecule has 0 bridgehead atoms. The van der Waals surface area contributed by atoms with Crippen molar-refractivity contribution in [2.24, 2.45) is 5.92 Å². The molecule has 1 saturated heterocycles. The van der Waals surface area contributed by atoms with Gasteiger partial charge in [0.25, 0.3) is 0 Å². The molecule has 0 saturated carbocycles. The zero-order chi connectivity index (χ0) is 14.5. The Bertz CT molecular complexity index is 486. The van der Waals surface area contributed by atoms with Gasteiger partial charge in [-0.1, -0.05) is 11.6 Å². The average Bonchev–Trinajstić information content (AvgIpc) is 2.97. The minimum atomic E-state index is -0.461. The molecule has 0 aromatic heterocycles. The zero-order valence-corrected chi connectivity index (χ0v) is 12.3. The van der Waals surface area contributed by atoms with Crippen molar-refractivity contribution < 1.29 is 19.0 Å². The molecule has 1 aromatic carbocycles. The summed E-state index contributed by atoms with van der Waals surface area (Å²) < 4.78 is 15.7. The Labute approximate surface area is 123 Å². The predicted molar refractivity (Wildman–Crippen MR) is 75.8 cm³/mol. The van der Waals surface area contributed by atoms with E-state index < -0.39 is 5.97 Å². The topological polar surface area (TPSA) is 56.8 Å². The van der Waals surface area contributed by atoms with Crippen LogP contribution in [0.2, 0.25) is 5.02 Å². The molecule has 0 amide bonds. The van der Waals surface area contributed by atoms with Crippen LogP contribution >= 0.6 is 11.6 Å². The van der Waals surface area contributed by atoms with Crippen LogP contribution < -0.4 is 14.8 Å². The highest BCUT2D eigenvalue weighted by Crippen LogP contribution is 2.37. The van der Waals surface area contributed by atoms with E-state index >= 15 is 0 Å². The van der Waals surface area contributed by atoms with Crippen LogP contribution in [0.1, 0.15) is 16.8 Å². The van der Waals surface area contributed by atoms with Crippen molar-refractivity contribution in [2.75, 3.05) is 33.9 Å². The SMILES string of the molecule is COC(=O)c1cc(Cl)c(OCC2CCNC2)c(OC)c1. The Hall–Kier alpha value is -1.46. The zero-order valence-electron chi connectivity index (χ0n) is 11.6. The Morgan fingerprint density at radius 3 is 2.85 bits per heavy atom. The number of carbonyl (C=O) groups excluding carboxylic acids is 1. The number of carbonyl (C=O) groups is 1. The normalized spacial score (nSPS) is 17.9. The molecule has 20 heavy (non-hydrogen) atoms. The number of methoxy groups -OCH3 is 2. The Balaban J connectivity index is 2.16. The molecule has 0 aliphatic carbocycles. The second-order valence-corrected chi connectivity index (χ2v) is 5.06. The fraction of sp³-hybridized carbons (Fsp3) is 0.500. The molecule has 2 rings (SSSR count). The van der Waals surface area contributed by atoms with Crippen LogP contribution in [-0.2, 0) is 4.74 Å². The van der Waals surface area contributed by atoms with Crippen molar-refractivity contribution >= 4 is 17.6 Å². The summed E-state index contributed by atoms with van der Waals surface area (Å²) in [6, 6.07) is 3.10. The van der Waals surface area contributed by atoms with Gasteiger partial charge in [0.15, 0.2) is 11.5 Å². The molecule has 1 unspecified atom stereocenters. The summed E-state index contributed by atoms with van der Waals surface area (Å²) in [5, 5.41) is 3.62. The van der Waals surface area contributed by atoms with Gasteiger partial charge in [-0.25, -0.2) is 4.79 Å². The lowest BCUT2D eigenvalue weighted by molar-refractivity contribution is 0.0600. The van der Waals surface area contributed by atoms with Gasteiger partial charge in [0.1, 0.15) is 0 Å². The number of rotatable bonds is 5. The summed E-state index contributed by atoms with van der Waals surface area (Å²) in [7, 11) is 2.83. The summed E-state index contributed by atoms with van der Waals surface area (Å²) >= 11 is 6.17. The van der Waals surface area contributed by atoms with E-state index in [1.165, 1.54) is 20.3 Å². The van der Waals surface area contributed by atoms with E-state index in [1.807, 2.05) is 0 Å². The minimum absolute atomic E-state index is 0.337. The number of hydrogen-bond acceptors (Lipinski definition) is 5. The van der Waals surface area contributed by atoms with E-state index in [-0.39, 0.29) is 0 Å². The van der Waals surface area contributed by atoms with E-state index in [0.29, 0.717) is 34.6 Å². The van der Waals surface area contributed by atoms with E-state index in [9.17, 15) is 4.79 Å². The van der Waals surface area contributed by atoms with Crippen LogP contribution in [0.3, 0.4) is 0 Å². The first-order valence-electron chi connectivity index (χ1n) is 6.45. The van der Waals surface area contributed by atoms with E-state index in [1.54, 1.807) is 6.07 Å². The van der Waals surface area contributed by atoms with Crippen molar-refractivity contribution in [3.63, 3.8) is 0 Å². The molecular weight excluding hydrogens is 282 g/mol. The number of nitrogens with one attached hydrogen (secondary N) is 1. The Morgan fingerprint density at radius 2 is 2.25 bits per heavy atom. The first-order valence-corrected chi connectivity index (χ1v) is 6.83. The van der Waals surface area contributed by atoms with Gasteiger partial charge in [-0.2, -0.15) is 0 Å². The highest BCUT2D eigenvalue weighted by molar-refractivity contribution is 6.32. The van der Waals surface area contributed by atoms with Crippen molar-refractivity contribution in [2.45, 2.75) is 6.42 Å². The second kappa shape index (κ2) is 6.81. The monoisotopic (exact) mass is 299 g/mol.